The van der Waals surface area contributed by atoms with E-state index in [9.17, 15) is 23.9 Å². The van der Waals surface area contributed by atoms with Gasteiger partial charge in [0, 0.05) is 24.4 Å². The number of carbonyl (C=O) groups excluding carboxylic acids is 1. The van der Waals surface area contributed by atoms with E-state index in [1.807, 2.05) is 0 Å². The van der Waals surface area contributed by atoms with Crippen molar-refractivity contribution in [3.05, 3.63) is 64.2 Å². The van der Waals surface area contributed by atoms with Crippen molar-refractivity contribution in [1.29, 1.82) is 0 Å². The van der Waals surface area contributed by atoms with Crippen LogP contribution in [0.5, 0.6) is 5.75 Å². The Labute approximate surface area is 153 Å². The first-order chi connectivity index (χ1) is 12.8. The molecule has 3 rings (SSSR count). The number of hydrogen-bond acceptors (Lipinski definition) is 4. The number of carbonyl (C=O) groups is 2. The molecule has 0 bridgehead atoms. The van der Waals surface area contributed by atoms with Gasteiger partial charge in [0.05, 0.1) is 11.9 Å². The minimum Gasteiger partial charge on any atom is -0.506 e. The fraction of sp³-hybridized carbons (Fsp3) is 0.150. The van der Waals surface area contributed by atoms with E-state index in [4.69, 9.17) is 5.11 Å². The number of hydrogen-bond donors (Lipinski definition) is 2. The minimum absolute atomic E-state index is 0.205. The summed E-state index contributed by atoms with van der Waals surface area (Å²) in [6.07, 6.45) is -0.856. The SMILES string of the molecule is Cn1c(=O)c(C(=O)CCC(=O)O)c(O)c2cc(-c3ccccc3F)ccc21. The number of carboxylic acid groups (broad SMARTS) is 1. The van der Waals surface area contributed by atoms with Crippen LogP contribution < -0.4 is 5.56 Å². The highest BCUT2D eigenvalue weighted by molar-refractivity contribution is 6.04. The monoisotopic (exact) mass is 369 g/mol. The molecule has 0 saturated heterocycles. The summed E-state index contributed by atoms with van der Waals surface area (Å²) in [5, 5.41) is 19.5. The lowest BCUT2D eigenvalue weighted by atomic mass is 9.99. The molecule has 27 heavy (non-hydrogen) atoms. The molecule has 138 valence electrons. The standard InChI is InChI=1S/C20H16FNO5/c1-22-15-7-6-11(12-4-2-3-5-14(12)21)10-13(15)19(26)18(20(22)27)16(23)8-9-17(24)25/h2-7,10,26H,8-9H2,1H3,(H,24,25). The molecular formula is C20H16FNO5. The van der Waals surface area contributed by atoms with Gasteiger partial charge in [0.2, 0.25) is 0 Å². The maximum absolute atomic E-state index is 14.1. The molecule has 0 unspecified atom stereocenters. The predicted molar refractivity (Wildman–Crippen MR) is 97.4 cm³/mol. The van der Waals surface area contributed by atoms with Crippen LogP contribution in [0.25, 0.3) is 22.0 Å². The Hall–Kier alpha value is -3.48. The van der Waals surface area contributed by atoms with Gasteiger partial charge in [-0.25, -0.2) is 4.39 Å². The summed E-state index contributed by atoms with van der Waals surface area (Å²) in [6, 6.07) is 10.8. The van der Waals surface area contributed by atoms with Crippen molar-refractivity contribution in [1.82, 2.24) is 4.57 Å². The first kappa shape index (κ1) is 18.3. The number of fused-ring (bicyclic) bond motifs is 1. The summed E-state index contributed by atoms with van der Waals surface area (Å²) in [5.74, 6) is -2.91. The number of pyridine rings is 1. The normalized spacial score (nSPS) is 10.9. The number of aromatic nitrogens is 1. The van der Waals surface area contributed by atoms with Crippen LogP contribution in [0, 0.1) is 5.82 Å². The largest absolute Gasteiger partial charge is 0.506 e. The predicted octanol–water partition coefficient (Wildman–Crippen LogP) is 3.10. The summed E-state index contributed by atoms with van der Waals surface area (Å²) in [4.78, 5) is 35.5. The number of carboxylic acids is 1. The molecular weight excluding hydrogens is 353 g/mol. The van der Waals surface area contributed by atoms with Crippen molar-refractivity contribution in [2.45, 2.75) is 12.8 Å². The van der Waals surface area contributed by atoms with E-state index >= 15 is 0 Å². The lowest BCUT2D eigenvalue weighted by Crippen LogP contribution is -2.25. The summed E-state index contributed by atoms with van der Waals surface area (Å²) in [7, 11) is 1.45. The minimum atomic E-state index is -1.18. The second-order valence-electron chi connectivity index (χ2n) is 6.12. The molecule has 0 atom stereocenters. The number of halogens is 1. The number of Topliss-reactive ketones (excluding diaryl/α,β-unsaturated/α-hetero) is 1. The van der Waals surface area contributed by atoms with E-state index in [-0.39, 0.29) is 5.39 Å². The number of rotatable bonds is 5. The number of ketones is 1. The van der Waals surface area contributed by atoms with Crippen LogP contribution in [0.3, 0.4) is 0 Å². The Bertz CT molecular complexity index is 1130. The molecule has 0 aliphatic heterocycles. The summed E-state index contributed by atoms with van der Waals surface area (Å²) in [6.45, 7) is 0. The van der Waals surface area contributed by atoms with Crippen molar-refractivity contribution in [2.75, 3.05) is 0 Å². The highest BCUT2D eigenvalue weighted by Gasteiger charge is 2.22. The molecule has 7 heteroatoms. The Balaban J connectivity index is 2.22. The summed E-state index contributed by atoms with van der Waals surface area (Å²) >= 11 is 0. The van der Waals surface area contributed by atoms with Gasteiger partial charge < -0.3 is 14.8 Å². The zero-order valence-corrected chi connectivity index (χ0v) is 14.4. The molecule has 6 nitrogen and oxygen atoms in total. The van der Waals surface area contributed by atoms with Crippen LogP contribution in [0.4, 0.5) is 4.39 Å². The van der Waals surface area contributed by atoms with Gasteiger partial charge in [0.25, 0.3) is 5.56 Å². The maximum atomic E-state index is 14.1. The Morgan fingerprint density at radius 3 is 2.48 bits per heavy atom. The molecule has 2 aromatic carbocycles. The fourth-order valence-electron chi connectivity index (χ4n) is 2.99. The number of aliphatic carboxylic acids is 1. The van der Waals surface area contributed by atoms with Gasteiger partial charge in [-0.3, -0.25) is 14.4 Å². The molecule has 1 heterocycles. The highest BCUT2D eigenvalue weighted by Crippen LogP contribution is 2.32. The molecule has 0 spiro atoms. The van der Waals surface area contributed by atoms with Crippen LogP contribution in [0.1, 0.15) is 23.2 Å². The molecule has 0 fully saturated rings. The number of benzene rings is 2. The third-order valence-electron chi connectivity index (χ3n) is 4.40. The topological polar surface area (TPSA) is 96.6 Å². The van der Waals surface area contributed by atoms with Gasteiger partial charge in [0.1, 0.15) is 17.1 Å². The first-order valence-corrected chi connectivity index (χ1v) is 8.17. The number of aromatic hydroxyl groups is 1. The van der Waals surface area contributed by atoms with Gasteiger partial charge in [-0.05, 0) is 23.8 Å². The van der Waals surface area contributed by atoms with E-state index in [0.717, 1.165) is 0 Å². The molecule has 0 amide bonds. The van der Waals surface area contributed by atoms with E-state index in [2.05, 4.69) is 0 Å². The second kappa shape index (κ2) is 7.03. The van der Waals surface area contributed by atoms with E-state index in [1.165, 1.54) is 23.7 Å². The molecule has 1 aromatic heterocycles. The summed E-state index contributed by atoms with van der Waals surface area (Å²) in [5.41, 5.74) is -0.0248. The van der Waals surface area contributed by atoms with Gasteiger partial charge in [0.15, 0.2) is 5.78 Å². The average Bonchev–Trinajstić information content (AvgIpc) is 2.64. The van der Waals surface area contributed by atoms with Crippen molar-refractivity contribution >= 4 is 22.7 Å². The van der Waals surface area contributed by atoms with Crippen molar-refractivity contribution < 1.29 is 24.2 Å². The molecule has 2 N–H and O–H groups in total. The zero-order valence-electron chi connectivity index (χ0n) is 14.4. The van der Waals surface area contributed by atoms with Gasteiger partial charge in [-0.1, -0.05) is 24.3 Å². The van der Waals surface area contributed by atoms with E-state index in [0.29, 0.717) is 16.6 Å². The summed E-state index contributed by atoms with van der Waals surface area (Å²) < 4.78 is 15.3. The Kier molecular flexibility index (Phi) is 4.77. The Morgan fingerprint density at radius 2 is 1.81 bits per heavy atom. The fourth-order valence-corrected chi connectivity index (χ4v) is 2.99. The van der Waals surface area contributed by atoms with Gasteiger partial charge >= 0.3 is 5.97 Å². The number of aryl methyl sites for hydroxylation is 1. The highest BCUT2D eigenvalue weighted by atomic mass is 19.1. The third kappa shape index (κ3) is 3.31. The second-order valence-corrected chi connectivity index (χ2v) is 6.12. The number of nitrogens with zero attached hydrogens (tertiary/aromatic N) is 1. The Morgan fingerprint density at radius 1 is 1.11 bits per heavy atom. The van der Waals surface area contributed by atoms with Crippen molar-refractivity contribution in [3.8, 4) is 16.9 Å². The average molecular weight is 369 g/mol. The van der Waals surface area contributed by atoms with E-state index < -0.39 is 47.3 Å². The first-order valence-electron chi connectivity index (χ1n) is 8.17. The van der Waals surface area contributed by atoms with Crippen LogP contribution in [0.2, 0.25) is 0 Å². The molecule has 3 aromatic rings. The molecule has 0 radical (unpaired) electrons. The van der Waals surface area contributed by atoms with Crippen molar-refractivity contribution in [3.63, 3.8) is 0 Å². The maximum Gasteiger partial charge on any atom is 0.303 e. The van der Waals surface area contributed by atoms with Crippen molar-refractivity contribution in [2.24, 2.45) is 7.05 Å². The van der Waals surface area contributed by atoms with Crippen LogP contribution in [0.15, 0.2) is 47.3 Å². The zero-order chi connectivity index (χ0) is 19.7. The lowest BCUT2D eigenvalue weighted by molar-refractivity contribution is -0.136. The quantitative estimate of drug-likeness (QED) is 0.674. The van der Waals surface area contributed by atoms with Gasteiger partial charge in [-0.2, -0.15) is 0 Å². The lowest BCUT2D eigenvalue weighted by Gasteiger charge is -2.13. The molecule has 0 aliphatic rings. The van der Waals surface area contributed by atoms with E-state index in [1.54, 1.807) is 30.3 Å². The van der Waals surface area contributed by atoms with Crippen LogP contribution >= 0.6 is 0 Å². The molecule has 0 aliphatic carbocycles. The molecule has 0 saturated carbocycles. The smallest absolute Gasteiger partial charge is 0.303 e. The van der Waals surface area contributed by atoms with Crippen LogP contribution in [-0.4, -0.2) is 26.5 Å². The van der Waals surface area contributed by atoms with Crippen LogP contribution in [-0.2, 0) is 11.8 Å². The van der Waals surface area contributed by atoms with Gasteiger partial charge in [-0.15, -0.1) is 0 Å². The third-order valence-corrected chi connectivity index (χ3v) is 4.40.